The van der Waals surface area contributed by atoms with Gasteiger partial charge in [-0.05, 0) is 23.3 Å². The van der Waals surface area contributed by atoms with Crippen LogP contribution in [0.3, 0.4) is 0 Å². The van der Waals surface area contributed by atoms with Crippen LogP contribution in [-0.2, 0) is 14.2 Å². The smallest absolute Gasteiger partial charge is 0.0828 e. The molecule has 0 rings (SSSR count). The van der Waals surface area contributed by atoms with Gasteiger partial charge in [0.05, 0.1) is 40.0 Å². The quantitative estimate of drug-likeness (QED) is 0.455. The lowest BCUT2D eigenvalue weighted by molar-refractivity contribution is 0.184. The Labute approximate surface area is 91.3 Å². The second-order valence-electron chi connectivity index (χ2n) is 2.89. The Hall–Kier alpha value is -1.48. The third-order valence-corrected chi connectivity index (χ3v) is 1.45. The first-order valence-electron chi connectivity index (χ1n) is 4.52. The zero-order chi connectivity index (χ0) is 11.5. The van der Waals surface area contributed by atoms with E-state index in [-0.39, 0.29) is 0 Å². The Morgan fingerprint density at radius 2 is 1.33 bits per heavy atom. The second-order valence-corrected chi connectivity index (χ2v) is 2.89. The molecule has 0 atom stereocenters. The van der Waals surface area contributed by atoms with E-state index in [1.54, 1.807) is 38.9 Å². The minimum absolute atomic E-state index is 0.458. The number of hydrogen-bond donors (Lipinski definition) is 0. The molecule has 0 N–H and O–H groups in total. The van der Waals surface area contributed by atoms with Crippen LogP contribution in [0.2, 0.25) is 0 Å². The lowest BCUT2D eigenvalue weighted by Crippen LogP contribution is -1.99. The molecule has 0 amide bonds. The highest BCUT2D eigenvalue weighted by molar-refractivity contribution is 5.15. The minimum Gasteiger partial charge on any atom is -0.504 e. The molecule has 0 bridgehead atoms. The van der Waals surface area contributed by atoms with Gasteiger partial charge in [-0.1, -0.05) is 13.2 Å². The van der Waals surface area contributed by atoms with Crippen molar-refractivity contribution in [2.24, 2.45) is 0 Å². The van der Waals surface area contributed by atoms with Crippen molar-refractivity contribution in [1.82, 2.24) is 0 Å². The Morgan fingerprint density at radius 1 is 0.933 bits per heavy atom. The largest absolute Gasteiger partial charge is 0.504 e. The summed E-state index contributed by atoms with van der Waals surface area (Å²) in [5.74, 6) is 0. The first kappa shape index (κ1) is 13.5. The lowest BCUT2D eigenvalue weighted by atomic mass is 10.3. The topological polar surface area (TPSA) is 27.7 Å². The van der Waals surface area contributed by atoms with Crippen LogP contribution in [0.25, 0.3) is 0 Å². The predicted octanol–water partition coefficient (Wildman–Crippen LogP) is 2.44. The summed E-state index contributed by atoms with van der Waals surface area (Å²) in [4.78, 5) is 0. The van der Waals surface area contributed by atoms with Crippen LogP contribution in [-0.4, -0.2) is 27.4 Å². The van der Waals surface area contributed by atoms with Crippen LogP contribution in [0.4, 0.5) is 0 Å². The number of methoxy groups -OCH3 is 2. The Bertz CT molecular complexity index is 226. The van der Waals surface area contributed by atoms with E-state index in [9.17, 15) is 0 Å². The molecule has 0 saturated carbocycles. The monoisotopic (exact) mass is 210 g/mol. The van der Waals surface area contributed by atoms with Crippen molar-refractivity contribution in [1.29, 1.82) is 0 Å². The standard InChI is InChI=1S/C12H18O3/c1-11(5-7-13-3)9-15-10-12(2)6-8-14-4/h5-8H,1-2,9-10H2,3-4H3/b7-5+,8-6+. The highest BCUT2D eigenvalue weighted by atomic mass is 16.5. The van der Waals surface area contributed by atoms with Gasteiger partial charge in [0.15, 0.2) is 0 Å². The van der Waals surface area contributed by atoms with Gasteiger partial charge in [0.25, 0.3) is 0 Å². The SMILES string of the molecule is C=C(/C=C/OC)COCC(=C)/C=C/OC. The van der Waals surface area contributed by atoms with Crippen molar-refractivity contribution < 1.29 is 14.2 Å². The lowest BCUT2D eigenvalue weighted by Gasteiger charge is -2.03. The van der Waals surface area contributed by atoms with Crippen molar-refractivity contribution in [3.63, 3.8) is 0 Å². The molecule has 0 radical (unpaired) electrons. The van der Waals surface area contributed by atoms with E-state index in [0.29, 0.717) is 13.2 Å². The van der Waals surface area contributed by atoms with Crippen LogP contribution >= 0.6 is 0 Å². The van der Waals surface area contributed by atoms with Crippen LogP contribution < -0.4 is 0 Å². The van der Waals surface area contributed by atoms with Crippen LogP contribution in [0, 0.1) is 0 Å². The van der Waals surface area contributed by atoms with Gasteiger partial charge in [-0.3, -0.25) is 0 Å². The maximum atomic E-state index is 5.34. The van der Waals surface area contributed by atoms with Gasteiger partial charge in [0, 0.05) is 0 Å². The normalized spacial score (nSPS) is 10.8. The summed E-state index contributed by atoms with van der Waals surface area (Å²) in [5, 5.41) is 0. The number of hydrogen-bond acceptors (Lipinski definition) is 3. The molecule has 0 fully saturated rings. The molecule has 3 heteroatoms. The average molecular weight is 210 g/mol. The van der Waals surface area contributed by atoms with Crippen molar-refractivity contribution in [3.8, 4) is 0 Å². The highest BCUT2D eigenvalue weighted by Crippen LogP contribution is 1.98. The summed E-state index contributed by atoms with van der Waals surface area (Å²) in [6.07, 6.45) is 6.64. The fraction of sp³-hybridized carbons (Fsp3) is 0.333. The summed E-state index contributed by atoms with van der Waals surface area (Å²) in [6, 6.07) is 0. The molecule has 3 nitrogen and oxygen atoms in total. The van der Waals surface area contributed by atoms with Crippen molar-refractivity contribution in [2.75, 3.05) is 27.4 Å². The first-order chi connectivity index (χ1) is 7.20. The van der Waals surface area contributed by atoms with Crippen molar-refractivity contribution >= 4 is 0 Å². The molecule has 0 spiro atoms. The molecular formula is C12H18O3. The van der Waals surface area contributed by atoms with E-state index in [0.717, 1.165) is 11.1 Å². The number of ether oxygens (including phenoxy) is 3. The molecule has 0 heterocycles. The zero-order valence-electron chi connectivity index (χ0n) is 9.36. The first-order valence-corrected chi connectivity index (χ1v) is 4.52. The Morgan fingerprint density at radius 3 is 1.67 bits per heavy atom. The van der Waals surface area contributed by atoms with Gasteiger partial charge < -0.3 is 14.2 Å². The number of rotatable bonds is 8. The van der Waals surface area contributed by atoms with Crippen molar-refractivity contribution in [3.05, 3.63) is 49.0 Å². The fourth-order valence-corrected chi connectivity index (χ4v) is 0.738. The van der Waals surface area contributed by atoms with Crippen LogP contribution in [0.1, 0.15) is 0 Å². The van der Waals surface area contributed by atoms with Gasteiger partial charge in [0.2, 0.25) is 0 Å². The summed E-state index contributed by atoms with van der Waals surface area (Å²) < 4.78 is 14.8. The minimum atomic E-state index is 0.458. The van der Waals surface area contributed by atoms with E-state index in [1.807, 2.05) is 0 Å². The third kappa shape index (κ3) is 8.84. The summed E-state index contributed by atoms with van der Waals surface area (Å²) in [7, 11) is 3.17. The second kappa shape index (κ2) is 9.09. The third-order valence-electron chi connectivity index (χ3n) is 1.45. The molecule has 0 aliphatic rings. The molecule has 15 heavy (non-hydrogen) atoms. The molecule has 0 aliphatic carbocycles. The van der Waals surface area contributed by atoms with E-state index in [4.69, 9.17) is 14.2 Å². The molecule has 0 saturated heterocycles. The van der Waals surface area contributed by atoms with Gasteiger partial charge in [-0.2, -0.15) is 0 Å². The highest BCUT2D eigenvalue weighted by Gasteiger charge is 1.92. The van der Waals surface area contributed by atoms with Gasteiger partial charge in [-0.25, -0.2) is 0 Å². The zero-order valence-corrected chi connectivity index (χ0v) is 9.36. The Kier molecular flexibility index (Phi) is 8.19. The maximum Gasteiger partial charge on any atom is 0.0828 e. The summed E-state index contributed by atoms with van der Waals surface area (Å²) in [5.41, 5.74) is 1.70. The van der Waals surface area contributed by atoms with Gasteiger partial charge in [-0.15, -0.1) is 0 Å². The van der Waals surface area contributed by atoms with E-state index >= 15 is 0 Å². The molecule has 0 aromatic rings. The Balaban J connectivity index is 3.61. The van der Waals surface area contributed by atoms with Gasteiger partial charge >= 0.3 is 0 Å². The van der Waals surface area contributed by atoms with Gasteiger partial charge in [0.1, 0.15) is 0 Å². The molecule has 0 unspecified atom stereocenters. The van der Waals surface area contributed by atoms with E-state index < -0.39 is 0 Å². The maximum absolute atomic E-state index is 5.34. The van der Waals surface area contributed by atoms with E-state index in [2.05, 4.69) is 13.2 Å². The van der Waals surface area contributed by atoms with Crippen LogP contribution in [0.15, 0.2) is 49.0 Å². The predicted molar refractivity (Wildman–Crippen MR) is 61.4 cm³/mol. The fourth-order valence-electron chi connectivity index (χ4n) is 0.738. The molecule has 0 aliphatic heterocycles. The summed E-state index contributed by atoms with van der Waals surface area (Å²) in [6.45, 7) is 8.49. The summed E-state index contributed by atoms with van der Waals surface area (Å²) >= 11 is 0. The van der Waals surface area contributed by atoms with E-state index in [1.165, 1.54) is 0 Å². The molecule has 0 aromatic heterocycles. The molecule has 84 valence electrons. The van der Waals surface area contributed by atoms with Crippen molar-refractivity contribution in [2.45, 2.75) is 0 Å². The molecule has 0 aromatic carbocycles. The average Bonchev–Trinajstić information content (AvgIpc) is 2.23. The molecular weight excluding hydrogens is 192 g/mol. The van der Waals surface area contributed by atoms with Crippen LogP contribution in [0.5, 0.6) is 0 Å².